The van der Waals surface area contributed by atoms with Crippen LogP contribution in [0.25, 0.3) is 15.6 Å². The number of ether oxygens (including phenoxy) is 1. The Hall–Kier alpha value is -4.55. The number of fused-ring (bicyclic) bond motifs is 1. The number of carbonyl (C=O) groups excluding carboxylic acids is 3. The highest BCUT2D eigenvalue weighted by atomic mass is 32.1. The molecule has 0 unspecified atom stereocenters. The van der Waals surface area contributed by atoms with Gasteiger partial charge in [-0.1, -0.05) is 17.8 Å². The second-order valence-corrected chi connectivity index (χ2v) is 11.2. The van der Waals surface area contributed by atoms with E-state index in [1.54, 1.807) is 5.38 Å². The number of rotatable bonds is 10. The molecule has 3 aromatic rings. The first-order valence-electron chi connectivity index (χ1n) is 11.8. The summed E-state index contributed by atoms with van der Waals surface area (Å²) < 4.78 is 5.29. The Balaban J connectivity index is 1.42. The van der Waals surface area contributed by atoms with E-state index in [4.69, 9.17) is 15.3 Å². The van der Waals surface area contributed by atoms with E-state index in [1.807, 2.05) is 0 Å². The van der Waals surface area contributed by atoms with Gasteiger partial charge in [-0.3, -0.25) is 24.6 Å². The molecule has 212 valence electrons. The Morgan fingerprint density at radius 3 is 2.80 bits per heavy atom. The van der Waals surface area contributed by atoms with Crippen LogP contribution in [0.5, 0.6) is 0 Å². The number of hydrogen-bond acceptors (Lipinski definition) is 15. The van der Waals surface area contributed by atoms with Crippen LogP contribution in [0.4, 0.5) is 10.1 Å². The smallest absolute Gasteiger partial charge is 0.355 e. The molecule has 18 heteroatoms. The lowest BCUT2D eigenvalue weighted by atomic mass is 9.82. The average Bonchev–Trinajstić information content (AvgIpc) is 3.73. The van der Waals surface area contributed by atoms with Crippen LogP contribution in [-0.2, 0) is 24.0 Å². The number of nitrogens with zero attached hydrogens (tertiary/aromatic N) is 6. The maximum atomic E-state index is 13.4. The number of nitro groups is 1. The number of oxime groups is 1. The zero-order valence-corrected chi connectivity index (χ0v) is 23.6. The third-order valence-electron chi connectivity index (χ3n) is 6.08. The molecule has 2 aliphatic heterocycles. The summed E-state index contributed by atoms with van der Waals surface area (Å²) in [7, 11) is 1.27. The third kappa shape index (κ3) is 5.31. The molecule has 0 aliphatic carbocycles. The van der Waals surface area contributed by atoms with Crippen molar-refractivity contribution in [3.05, 3.63) is 56.8 Å². The predicted molar refractivity (Wildman–Crippen MR) is 150 cm³/mol. The normalized spacial score (nSPS) is 18.4. The first kappa shape index (κ1) is 28.0. The molecule has 2 atom stereocenters. The molecule has 0 radical (unpaired) electrons. The number of anilines is 1. The highest BCUT2D eigenvalue weighted by Crippen LogP contribution is 2.42. The number of nitrogens with two attached hydrogens (primary N) is 1. The Morgan fingerprint density at radius 1 is 1.34 bits per heavy atom. The number of carbonyl (C=O) groups is 3. The Labute approximate surface area is 243 Å². The second kappa shape index (κ2) is 11.5. The highest BCUT2D eigenvalue weighted by Gasteiger charge is 2.54. The standard InChI is InChI=1S/C23H20N8O7S3/c1-3-6-38-22(34)17-10(11-8-39-20(26-11)19-25-7-14(41-19)31(35)36)4-5-13-16(21(33)30(13)17)28-18(32)15(29-37-2)12-9-40-23(24)27-12/h3,7-9,13,16H,1,4-6H2,2H3,(H2,24,27)(H,28,32)/b29-15-/t13-,16+/m1/s1. The molecule has 0 spiro atoms. The van der Waals surface area contributed by atoms with E-state index in [2.05, 4.69) is 32.0 Å². The third-order valence-corrected chi connectivity index (χ3v) is 8.69. The number of nitrogens with one attached hydrogen (secondary N) is 1. The number of aromatic nitrogens is 3. The number of thiazole rings is 3. The monoisotopic (exact) mass is 616 g/mol. The molecule has 5 heterocycles. The zero-order valence-electron chi connectivity index (χ0n) is 21.1. The first-order valence-corrected chi connectivity index (χ1v) is 14.3. The van der Waals surface area contributed by atoms with Crippen LogP contribution < -0.4 is 11.1 Å². The van der Waals surface area contributed by atoms with Gasteiger partial charge in [-0.2, -0.15) is 0 Å². The fourth-order valence-corrected chi connectivity index (χ4v) is 6.52. The fraction of sp³-hybridized carbons (Fsp3) is 0.261. The maximum Gasteiger partial charge on any atom is 0.355 e. The minimum absolute atomic E-state index is 0.0126. The summed E-state index contributed by atoms with van der Waals surface area (Å²) in [5.41, 5.74) is 6.63. The number of nitrogen functional groups attached to an aromatic ring is 1. The van der Waals surface area contributed by atoms with Gasteiger partial charge in [0.25, 0.3) is 11.8 Å². The summed E-state index contributed by atoms with van der Waals surface area (Å²) in [4.78, 5) is 68.9. The summed E-state index contributed by atoms with van der Waals surface area (Å²) in [5, 5.41) is 21.6. The lowest BCUT2D eigenvalue weighted by molar-refractivity contribution is -0.380. The largest absolute Gasteiger partial charge is 0.457 e. The van der Waals surface area contributed by atoms with Crippen LogP contribution >= 0.6 is 34.0 Å². The van der Waals surface area contributed by atoms with Crippen molar-refractivity contribution in [2.24, 2.45) is 5.16 Å². The van der Waals surface area contributed by atoms with E-state index in [0.29, 0.717) is 34.1 Å². The maximum absolute atomic E-state index is 13.4. The van der Waals surface area contributed by atoms with Crippen molar-refractivity contribution in [3.8, 4) is 10.0 Å². The number of allylic oxidation sites excluding steroid dienone is 1. The van der Waals surface area contributed by atoms with Crippen molar-refractivity contribution >= 4 is 73.2 Å². The fourth-order valence-electron chi connectivity index (χ4n) is 4.37. The summed E-state index contributed by atoms with van der Waals surface area (Å²) in [6, 6.07) is -1.48. The van der Waals surface area contributed by atoms with E-state index in [0.717, 1.165) is 28.9 Å². The van der Waals surface area contributed by atoms with Crippen molar-refractivity contribution in [1.29, 1.82) is 0 Å². The molecule has 5 rings (SSSR count). The van der Waals surface area contributed by atoms with Crippen LogP contribution in [0, 0.1) is 10.1 Å². The highest BCUT2D eigenvalue weighted by molar-refractivity contribution is 7.22. The molecule has 2 amide bonds. The number of esters is 1. The van der Waals surface area contributed by atoms with Gasteiger partial charge < -0.3 is 20.6 Å². The van der Waals surface area contributed by atoms with Gasteiger partial charge in [0.15, 0.2) is 20.9 Å². The van der Waals surface area contributed by atoms with Gasteiger partial charge in [0, 0.05) is 16.3 Å². The summed E-state index contributed by atoms with van der Waals surface area (Å²) in [5.74, 6) is -1.96. The summed E-state index contributed by atoms with van der Waals surface area (Å²) in [6.07, 6.45) is 3.29. The molecule has 1 saturated heterocycles. The average molecular weight is 617 g/mol. The lowest BCUT2D eigenvalue weighted by Crippen LogP contribution is -2.72. The molecule has 3 N–H and O–H groups in total. The van der Waals surface area contributed by atoms with Crippen molar-refractivity contribution in [2.45, 2.75) is 24.9 Å². The molecule has 2 aliphatic rings. The zero-order chi connectivity index (χ0) is 29.3. The molecule has 0 bridgehead atoms. The van der Waals surface area contributed by atoms with Gasteiger partial charge in [0.05, 0.1) is 16.7 Å². The van der Waals surface area contributed by atoms with E-state index in [1.165, 1.54) is 34.8 Å². The number of amides is 2. The first-order chi connectivity index (χ1) is 19.7. The second-order valence-electron chi connectivity index (χ2n) is 8.47. The van der Waals surface area contributed by atoms with Crippen molar-refractivity contribution < 1.29 is 28.9 Å². The molecule has 1 fully saturated rings. The van der Waals surface area contributed by atoms with Gasteiger partial charge in [-0.05, 0) is 24.2 Å². The van der Waals surface area contributed by atoms with Crippen LogP contribution in [0.15, 0.2) is 40.5 Å². The Kier molecular flexibility index (Phi) is 7.86. The van der Waals surface area contributed by atoms with E-state index < -0.39 is 34.8 Å². The van der Waals surface area contributed by atoms with Gasteiger partial charge in [-0.15, -0.1) is 22.7 Å². The molecule has 0 saturated carbocycles. The quantitative estimate of drug-likeness (QED) is 0.0843. The molecular formula is C23H20N8O7S3. The van der Waals surface area contributed by atoms with Crippen molar-refractivity contribution in [3.63, 3.8) is 0 Å². The lowest BCUT2D eigenvalue weighted by Gasteiger charge is -2.50. The van der Waals surface area contributed by atoms with E-state index in [-0.39, 0.29) is 33.8 Å². The van der Waals surface area contributed by atoms with Gasteiger partial charge in [0.2, 0.25) is 0 Å². The molecule has 3 aromatic heterocycles. The minimum atomic E-state index is -0.939. The minimum Gasteiger partial charge on any atom is -0.457 e. The molecule has 15 nitrogen and oxygen atoms in total. The number of β-lactam (4-membered cyclic amide) rings is 1. The summed E-state index contributed by atoms with van der Waals surface area (Å²) in [6.45, 7) is 3.47. The van der Waals surface area contributed by atoms with Crippen LogP contribution in [0.3, 0.4) is 0 Å². The Bertz CT molecular complexity index is 1620. The van der Waals surface area contributed by atoms with Crippen molar-refractivity contribution in [2.75, 3.05) is 19.5 Å². The Morgan fingerprint density at radius 2 is 2.15 bits per heavy atom. The molecular weight excluding hydrogens is 597 g/mol. The molecule has 0 aromatic carbocycles. The van der Waals surface area contributed by atoms with E-state index in [9.17, 15) is 24.5 Å². The van der Waals surface area contributed by atoms with E-state index >= 15 is 0 Å². The van der Waals surface area contributed by atoms with Crippen LogP contribution in [0.1, 0.15) is 24.2 Å². The summed E-state index contributed by atoms with van der Waals surface area (Å²) >= 11 is 3.20. The van der Waals surface area contributed by atoms with Crippen LogP contribution in [-0.4, -0.2) is 74.1 Å². The van der Waals surface area contributed by atoms with Gasteiger partial charge in [-0.25, -0.2) is 19.7 Å². The molecule has 41 heavy (non-hydrogen) atoms. The van der Waals surface area contributed by atoms with Gasteiger partial charge in [0.1, 0.15) is 37.3 Å². The topological polar surface area (TPSA) is 205 Å². The SMILES string of the molecule is C=CCOC(=O)C1=C(c2csc(-c3ncc([N+](=O)[O-])s3)n2)CC[C@@H]2[C@H](NC(=O)/C(=N\OC)c3csc(N)n3)C(=O)N12. The van der Waals surface area contributed by atoms with Crippen molar-refractivity contribution in [1.82, 2.24) is 25.2 Å². The van der Waals surface area contributed by atoms with Gasteiger partial charge >= 0.3 is 11.0 Å². The predicted octanol–water partition coefficient (Wildman–Crippen LogP) is 2.19. The van der Waals surface area contributed by atoms with Crippen LogP contribution in [0.2, 0.25) is 0 Å². The number of hydrogen-bond donors (Lipinski definition) is 2.